The van der Waals surface area contributed by atoms with Crippen LogP contribution in [-0.2, 0) is 4.74 Å². The average molecular weight is 235 g/mol. The zero-order valence-corrected chi connectivity index (χ0v) is 10.0. The normalized spacial score (nSPS) is 26.2. The van der Waals surface area contributed by atoms with Crippen LogP contribution in [0.15, 0.2) is 0 Å². The number of aliphatic hydroxyl groups excluding tert-OH is 2. The first-order chi connectivity index (χ1) is 7.20. The van der Waals surface area contributed by atoms with Crippen molar-refractivity contribution in [3.8, 4) is 0 Å². The number of thioether (sulfide) groups is 1. The van der Waals surface area contributed by atoms with Gasteiger partial charge < -0.3 is 20.3 Å². The van der Waals surface area contributed by atoms with Crippen LogP contribution in [0.1, 0.15) is 13.3 Å². The number of hydrogen-bond acceptors (Lipinski definition) is 5. The smallest absolute Gasteiger partial charge is 0.0886 e. The fourth-order valence-corrected chi connectivity index (χ4v) is 2.48. The third-order valence-electron chi connectivity index (χ3n) is 2.43. The van der Waals surface area contributed by atoms with E-state index in [1.54, 1.807) is 18.7 Å². The Morgan fingerprint density at radius 1 is 1.53 bits per heavy atom. The van der Waals surface area contributed by atoms with E-state index in [9.17, 15) is 5.11 Å². The Bertz CT molecular complexity index is 163. The van der Waals surface area contributed by atoms with E-state index in [2.05, 4.69) is 5.32 Å². The largest absolute Gasteiger partial charge is 0.391 e. The van der Waals surface area contributed by atoms with Gasteiger partial charge in [-0.1, -0.05) is 0 Å². The minimum Gasteiger partial charge on any atom is -0.391 e. The summed E-state index contributed by atoms with van der Waals surface area (Å²) < 4.78 is 5.54. The molecule has 3 N–H and O–H groups in total. The Morgan fingerprint density at radius 2 is 2.33 bits per heavy atom. The maximum Gasteiger partial charge on any atom is 0.0886 e. The van der Waals surface area contributed by atoms with Crippen LogP contribution < -0.4 is 5.32 Å². The van der Waals surface area contributed by atoms with Gasteiger partial charge in [0.25, 0.3) is 0 Å². The summed E-state index contributed by atoms with van der Waals surface area (Å²) in [6, 6.07) is 0. The predicted molar refractivity (Wildman–Crippen MR) is 62.2 cm³/mol. The van der Waals surface area contributed by atoms with E-state index in [-0.39, 0.29) is 0 Å². The molecule has 3 atom stereocenters. The molecule has 0 spiro atoms. The molecule has 0 aromatic rings. The first-order valence-electron chi connectivity index (χ1n) is 5.46. The third kappa shape index (κ3) is 5.73. The maximum absolute atomic E-state index is 9.35. The molecule has 0 radical (unpaired) electrons. The van der Waals surface area contributed by atoms with Gasteiger partial charge in [-0.3, -0.25) is 0 Å². The Balaban J connectivity index is 1.96. The van der Waals surface area contributed by atoms with Gasteiger partial charge in [0.2, 0.25) is 0 Å². The van der Waals surface area contributed by atoms with Crippen LogP contribution in [0.2, 0.25) is 0 Å². The van der Waals surface area contributed by atoms with Gasteiger partial charge in [0, 0.05) is 18.8 Å². The zero-order chi connectivity index (χ0) is 11.1. The van der Waals surface area contributed by atoms with Gasteiger partial charge in [-0.25, -0.2) is 0 Å². The second-order valence-electron chi connectivity index (χ2n) is 3.87. The highest BCUT2D eigenvalue weighted by molar-refractivity contribution is 7.99. The molecular weight excluding hydrogens is 214 g/mol. The van der Waals surface area contributed by atoms with Crippen molar-refractivity contribution in [3.05, 3.63) is 0 Å². The molecule has 1 rings (SSSR count). The van der Waals surface area contributed by atoms with E-state index < -0.39 is 12.2 Å². The number of nitrogens with one attached hydrogen (secondary N) is 1. The molecule has 0 bridgehead atoms. The second kappa shape index (κ2) is 7.46. The van der Waals surface area contributed by atoms with Gasteiger partial charge in [-0.05, 0) is 19.1 Å². The lowest BCUT2D eigenvalue weighted by atomic mass is 10.2. The van der Waals surface area contributed by atoms with Crippen LogP contribution in [0.3, 0.4) is 0 Å². The van der Waals surface area contributed by atoms with Gasteiger partial charge >= 0.3 is 0 Å². The van der Waals surface area contributed by atoms with Gasteiger partial charge in [-0.15, -0.1) is 0 Å². The topological polar surface area (TPSA) is 61.7 Å². The van der Waals surface area contributed by atoms with Crippen molar-refractivity contribution in [2.24, 2.45) is 0 Å². The minimum absolute atomic E-state index is 0.315. The number of morpholine rings is 1. The van der Waals surface area contributed by atoms with Crippen molar-refractivity contribution in [2.75, 3.05) is 31.2 Å². The Kier molecular flexibility index (Phi) is 6.59. The molecule has 4 nitrogen and oxygen atoms in total. The zero-order valence-electron chi connectivity index (χ0n) is 9.19. The fraction of sp³-hybridized carbons (Fsp3) is 1.00. The first kappa shape index (κ1) is 13.3. The van der Waals surface area contributed by atoms with E-state index in [4.69, 9.17) is 9.84 Å². The summed E-state index contributed by atoms with van der Waals surface area (Å²) >= 11 is 1.67. The molecule has 15 heavy (non-hydrogen) atoms. The molecule has 0 amide bonds. The van der Waals surface area contributed by atoms with Crippen molar-refractivity contribution < 1.29 is 14.9 Å². The van der Waals surface area contributed by atoms with Crippen LogP contribution in [0.25, 0.3) is 0 Å². The Labute approximate surface area is 95.4 Å². The Morgan fingerprint density at radius 3 is 2.93 bits per heavy atom. The number of aliphatic hydroxyl groups is 2. The lowest BCUT2D eigenvalue weighted by Gasteiger charge is -2.23. The molecule has 1 heterocycles. The monoisotopic (exact) mass is 235 g/mol. The maximum atomic E-state index is 9.35. The van der Waals surface area contributed by atoms with E-state index in [1.807, 2.05) is 0 Å². The van der Waals surface area contributed by atoms with E-state index in [0.29, 0.717) is 11.9 Å². The molecule has 90 valence electrons. The molecule has 1 aliphatic heterocycles. The van der Waals surface area contributed by atoms with Gasteiger partial charge in [0.15, 0.2) is 0 Å². The van der Waals surface area contributed by atoms with Gasteiger partial charge in [-0.2, -0.15) is 11.8 Å². The van der Waals surface area contributed by atoms with Crippen molar-refractivity contribution in [3.63, 3.8) is 0 Å². The second-order valence-corrected chi connectivity index (χ2v) is 5.02. The summed E-state index contributed by atoms with van der Waals surface area (Å²) in [5.74, 6) is 1.56. The van der Waals surface area contributed by atoms with E-state index >= 15 is 0 Å². The number of rotatable bonds is 6. The van der Waals surface area contributed by atoms with Crippen molar-refractivity contribution in [2.45, 2.75) is 31.7 Å². The predicted octanol–water partition coefficient (Wildman–Crippen LogP) is -0.160. The molecule has 1 fully saturated rings. The average Bonchev–Trinajstić information content (AvgIpc) is 2.25. The van der Waals surface area contributed by atoms with Gasteiger partial charge in [0.05, 0.1) is 24.9 Å². The summed E-state index contributed by atoms with van der Waals surface area (Å²) in [5, 5.41) is 21.7. The summed E-state index contributed by atoms with van der Waals surface area (Å²) in [6.45, 7) is 4.29. The number of ether oxygens (including phenoxy) is 1. The lowest BCUT2D eigenvalue weighted by Crippen LogP contribution is -2.38. The lowest BCUT2D eigenvalue weighted by molar-refractivity contribution is 0.0272. The van der Waals surface area contributed by atoms with Crippen molar-refractivity contribution in [1.29, 1.82) is 0 Å². The summed E-state index contributed by atoms with van der Waals surface area (Å²) in [4.78, 5) is 0. The highest BCUT2D eigenvalue weighted by Gasteiger charge is 2.14. The van der Waals surface area contributed by atoms with Crippen LogP contribution >= 0.6 is 11.8 Å². The summed E-state index contributed by atoms with van der Waals surface area (Å²) in [7, 11) is 0. The van der Waals surface area contributed by atoms with Crippen LogP contribution in [0.5, 0.6) is 0 Å². The standard InChI is InChI=1S/C10H21NO3S/c1-8(12)10(13)7-15-5-2-9-6-11-3-4-14-9/h8-13H,2-7H2,1H3. The molecule has 5 heteroatoms. The van der Waals surface area contributed by atoms with Crippen LogP contribution in [0.4, 0.5) is 0 Å². The highest BCUT2D eigenvalue weighted by atomic mass is 32.2. The van der Waals surface area contributed by atoms with E-state index in [1.165, 1.54) is 0 Å². The quantitative estimate of drug-likeness (QED) is 0.558. The fourth-order valence-electron chi connectivity index (χ4n) is 1.36. The van der Waals surface area contributed by atoms with E-state index in [0.717, 1.165) is 31.9 Å². The van der Waals surface area contributed by atoms with Crippen molar-refractivity contribution in [1.82, 2.24) is 5.32 Å². The van der Waals surface area contributed by atoms with Crippen LogP contribution in [-0.4, -0.2) is 59.7 Å². The SMILES string of the molecule is CC(O)C(O)CSCCC1CNCCO1. The minimum atomic E-state index is -0.634. The molecule has 1 saturated heterocycles. The molecule has 0 aliphatic carbocycles. The molecule has 0 saturated carbocycles. The summed E-state index contributed by atoms with van der Waals surface area (Å²) in [6.07, 6.45) is 0.0740. The molecular formula is C10H21NO3S. The molecule has 1 aliphatic rings. The van der Waals surface area contributed by atoms with Crippen LogP contribution in [0, 0.1) is 0 Å². The van der Waals surface area contributed by atoms with Crippen molar-refractivity contribution >= 4 is 11.8 Å². The number of hydrogen-bond donors (Lipinski definition) is 3. The molecule has 0 aromatic carbocycles. The molecule has 3 unspecified atom stereocenters. The Hall–Kier alpha value is 0.190. The highest BCUT2D eigenvalue weighted by Crippen LogP contribution is 2.11. The third-order valence-corrected chi connectivity index (χ3v) is 3.54. The molecule has 0 aromatic heterocycles. The van der Waals surface area contributed by atoms with Gasteiger partial charge in [0.1, 0.15) is 0 Å². The first-order valence-corrected chi connectivity index (χ1v) is 6.62. The summed E-state index contributed by atoms with van der Waals surface area (Å²) in [5.41, 5.74) is 0.